The summed E-state index contributed by atoms with van der Waals surface area (Å²) in [7, 11) is 1.61. The number of benzene rings is 2. The van der Waals surface area contributed by atoms with Crippen LogP contribution in [0.5, 0.6) is 11.5 Å². The molecule has 2 aromatic rings. The van der Waals surface area contributed by atoms with E-state index in [0.717, 1.165) is 17.8 Å². The second kappa shape index (κ2) is 11.6. The Labute approximate surface area is 172 Å². The second-order valence-corrected chi connectivity index (χ2v) is 6.31. The number of amides is 1. The van der Waals surface area contributed by atoms with Crippen LogP contribution < -0.4 is 25.4 Å². The van der Waals surface area contributed by atoms with Gasteiger partial charge in [0.15, 0.2) is 17.5 Å². The van der Waals surface area contributed by atoms with E-state index in [-0.39, 0.29) is 5.91 Å². The highest BCUT2D eigenvalue weighted by Gasteiger charge is 2.07. The fraction of sp³-hybridized carbons (Fsp3) is 0.364. The van der Waals surface area contributed by atoms with E-state index in [9.17, 15) is 4.79 Å². The quantitative estimate of drug-likeness (QED) is 0.343. The van der Waals surface area contributed by atoms with Gasteiger partial charge in [0.1, 0.15) is 0 Å². The average Bonchev–Trinajstić information content (AvgIpc) is 2.71. The van der Waals surface area contributed by atoms with Crippen molar-refractivity contribution in [3.05, 3.63) is 53.6 Å². The molecule has 0 saturated carbocycles. The molecule has 0 radical (unpaired) electrons. The largest absolute Gasteiger partial charge is 0.493 e. The summed E-state index contributed by atoms with van der Waals surface area (Å²) in [4.78, 5) is 16.7. The number of rotatable bonds is 9. The van der Waals surface area contributed by atoms with Gasteiger partial charge in [0.25, 0.3) is 5.91 Å². The van der Waals surface area contributed by atoms with Gasteiger partial charge < -0.3 is 25.4 Å². The first-order chi connectivity index (χ1) is 14.1. The molecule has 7 nitrogen and oxygen atoms in total. The lowest BCUT2D eigenvalue weighted by molar-refractivity contribution is 0.0954. The van der Waals surface area contributed by atoms with Gasteiger partial charge >= 0.3 is 0 Å². The van der Waals surface area contributed by atoms with Crippen molar-refractivity contribution < 1.29 is 14.3 Å². The summed E-state index contributed by atoms with van der Waals surface area (Å²) >= 11 is 0. The van der Waals surface area contributed by atoms with Crippen molar-refractivity contribution in [3.63, 3.8) is 0 Å². The van der Waals surface area contributed by atoms with Crippen LogP contribution in [-0.4, -0.2) is 45.2 Å². The maximum absolute atomic E-state index is 12.2. The van der Waals surface area contributed by atoms with Gasteiger partial charge in [-0.25, -0.2) is 0 Å². The van der Waals surface area contributed by atoms with Crippen molar-refractivity contribution in [3.8, 4) is 11.5 Å². The van der Waals surface area contributed by atoms with E-state index in [0.29, 0.717) is 42.7 Å². The molecule has 7 heteroatoms. The Morgan fingerprint density at radius 2 is 1.90 bits per heavy atom. The molecule has 0 saturated heterocycles. The molecule has 0 aromatic heterocycles. The van der Waals surface area contributed by atoms with Gasteiger partial charge in [-0.1, -0.05) is 17.7 Å². The standard InChI is InChI=1S/C22H30N4O3/c1-5-23-22(26-18-10-11-19(28-4)20(15-18)29-6-2)25-13-12-24-21(27)17-9-7-8-16(3)14-17/h7-11,14-15H,5-6,12-13H2,1-4H3,(H,24,27)(H2,23,25,26). The summed E-state index contributed by atoms with van der Waals surface area (Å²) in [5.41, 5.74) is 2.54. The highest BCUT2D eigenvalue weighted by molar-refractivity contribution is 5.95. The zero-order valence-corrected chi connectivity index (χ0v) is 17.5. The van der Waals surface area contributed by atoms with E-state index in [1.807, 2.05) is 57.2 Å². The average molecular weight is 399 g/mol. The summed E-state index contributed by atoms with van der Waals surface area (Å²) in [6.07, 6.45) is 0. The van der Waals surface area contributed by atoms with Crippen molar-refractivity contribution in [1.29, 1.82) is 0 Å². The van der Waals surface area contributed by atoms with E-state index in [1.54, 1.807) is 13.2 Å². The van der Waals surface area contributed by atoms with E-state index in [1.165, 1.54) is 0 Å². The number of hydrogen-bond donors (Lipinski definition) is 3. The van der Waals surface area contributed by atoms with Crippen molar-refractivity contribution >= 4 is 17.6 Å². The van der Waals surface area contributed by atoms with Crippen LogP contribution in [0.4, 0.5) is 5.69 Å². The van der Waals surface area contributed by atoms with Crippen molar-refractivity contribution in [1.82, 2.24) is 10.6 Å². The SMILES string of the molecule is CCNC(=NCCNC(=O)c1cccc(C)c1)Nc1ccc(OC)c(OCC)c1. The van der Waals surface area contributed by atoms with Crippen LogP contribution in [0.1, 0.15) is 29.8 Å². The predicted molar refractivity (Wildman–Crippen MR) is 117 cm³/mol. The topological polar surface area (TPSA) is 84.0 Å². The molecule has 3 N–H and O–H groups in total. The third-order valence-corrected chi connectivity index (χ3v) is 4.02. The Hall–Kier alpha value is -3.22. The number of nitrogens with zero attached hydrogens (tertiary/aromatic N) is 1. The van der Waals surface area contributed by atoms with Crippen LogP contribution in [0, 0.1) is 6.92 Å². The summed E-state index contributed by atoms with van der Waals surface area (Å²) < 4.78 is 10.9. The molecule has 2 rings (SSSR count). The monoisotopic (exact) mass is 398 g/mol. The summed E-state index contributed by atoms with van der Waals surface area (Å²) in [6, 6.07) is 13.1. The van der Waals surface area contributed by atoms with E-state index in [4.69, 9.17) is 9.47 Å². The van der Waals surface area contributed by atoms with Crippen LogP contribution in [0.3, 0.4) is 0 Å². The first kappa shape index (κ1) is 22.1. The molecule has 0 spiro atoms. The number of nitrogens with one attached hydrogen (secondary N) is 3. The zero-order chi connectivity index (χ0) is 21.1. The van der Waals surface area contributed by atoms with E-state index in [2.05, 4.69) is 20.9 Å². The van der Waals surface area contributed by atoms with Gasteiger partial charge in [-0.2, -0.15) is 0 Å². The maximum Gasteiger partial charge on any atom is 0.251 e. The maximum atomic E-state index is 12.2. The summed E-state index contributed by atoms with van der Waals surface area (Å²) in [5, 5.41) is 9.33. The lowest BCUT2D eigenvalue weighted by Crippen LogP contribution is -2.32. The molecule has 2 aromatic carbocycles. The van der Waals surface area contributed by atoms with Crippen LogP contribution in [-0.2, 0) is 0 Å². The summed E-state index contributed by atoms with van der Waals surface area (Å²) in [5.74, 6) is 1.88. The second-order valence-electron chi connectivity index (χ2n) is 6.31. The Kier molecular flexibility index (Phi) is 8.82. The number of hydrogen-bond acceptors (Lipinski definition) is 4. The third-order valence-electron chi connectivity index (χ3n) is 4.02. The highest BCUT2D eigenvalue weighted by atomic mass is 16.5. The van der Waals surface area contributed by atoms with Crippen LogP contribution in [0.15, 0.2) is 47.5 Å². The number of carbonyl (C=O) groups excluding carboxylic acids is 1. The molecule has 156 valence electrons. The number of anilines is 1. The van der Waals surface area contributed by atoms with Crippen LogP contribution in [0.25, 0.3) is 0 Å². The van der Waals surface area contributed by atoms with Crippen LogP contribution in [0.2, 0.25) is 0 Å². The van der Waals surface area contributed by atoms with Gasteiger partial charge in [-0.05, 0) is 45.0 Å². The Morgan fingerprint density at radius 1 is 1.07 bits per heavy atom. The van der Waals surface area contributed by atoms with Crippen molar-refractivity contribution in [2.24, 2.45) is 4.99 Å². The van der Waals surface area contributed by atoms with E-state index < -0.39 is 0 Å². The lowest BCUT2D eigenvalue weighted by atomic mass is 10.1. The summed E-state index contributed by atoms with van der Waals surface area (Å²) in [6.45, 7) is 8.04. The molecule has 29 heavy (non-hydrogen) atoms. The Bertz CT molecular complexity index is 837. The predicted octanol–water partition coefficient (Wildman–Crippen LogP) is 3.21. The molecule has 0 aliphatic rings. The van der Waals surface area contributed by atoms with E-state index >= 15 is 0 Å². The van der Waals surface area contributed by atoms with Crippen molar-refractivity contribution in [2.45, 2.75) is 20.8 Å². The zero-order valence-electron chi connectivity index (χ0n) is 17.5. The number of aryl methyl sites for hydroxylation is 1. The molecule has 1 amide bonds. The molecular weight excluding hydrogens is 368 g/mol. The minimum atomic E-state index is -0.0987. The molecule has 0 bridgehead atoms. The molecule has 0 aliphatic heterocycles. The van der Waals surface area contributed by atoms with Gasteiger partial charge in [0.2, 0.25) is 0 Å². The van der Waals surface area contributed by atoms with Gasteiger partial charge in [0, 0.05) is 30.4 Å². The molecule has 0 unspecified atom stereocenters. The molecule has 0 fully saturated rings. The Morgan fingerprint density at radius 3 is 2.59 bits per heavy atom. The number of guanidine groups is 1. The van der Waals surface area contributed by atoms with Gasteiger partial charge in [0.05, 0.1) is 20.3 Å². The number of aliphatic imine (C=N–C) groups is 1. The lowest BCUT2D eigenvalue weighted by Gasteiger charge is -2.14. The number of carbonyl (C=O) groups is 1. The highest BCUT2D eigenvalue weighted by Crippen LogP contribution is 2.30. The molecule has 0 heterocycles. The normalized spacial score (nSPS) is 11.0. The smallest absolute Gasteiger partial charge is 0.251 e. The van der Waals surface area contributed by atoms with Gasteiger partial charge in [-0.3, -0.25) is 9.79 Å². The first-order valence-electron chi connectivity index (χ1n) is 9.78. The number of methoxy groups -OCH3 is 1. The van der Waals surface area contributed by atoms with Crippen LogP contribution >= 0.6 is 0 Å². The fourth-order valence-corrected chi connectivity index (χ4v) is 2.69. The molecule has 0 aliphatic carbocycles. The fourth-order valence-electron chi connectivity index (χ4n) is 2.69. The van der Waals surface area contributed by atoms with Gasteiger partial charge in [-0.15, -0.1) is 0 Å². The minimum Gasteiger partial charge on any atom is -0.493 e. The number of ether oxygens (including phenoxy) is 2. The first-order valence-corrected chi connectivity index (χ1v) is 9.78. The molecular formula is C22H30N4O3. The molecule has 0 atom stereocenters. The minimum absolute atomic E-state index is 0.0987. The Balaban J connectivity index is 1.95. The van der Waals surface area contributed by atoms with Crippen molar-refractivity contribution in [2.75, 3.05) is 38.7 Å². The third kappa shape index (κ3) is 7.03.